The van der Waals surface area contributed by atoms with Gasteiger partial charge in [0, 0.05) is 19.6 Å². The van der Waals surface area contributed by atoms with Gasteiger partial charge in [0.15, 0.2) is 0 Å². The first-order valence-electron chi connectivity index (χ1n) is 6.70. The first-order chi connectivity index (χ1) is 9.53. The predicted octanol–water partition coefficient (Wildman–Crippen LogP) is 1.10. The lowest BCUT2D eigenvalue weighted by molar-refractivity contribution is 0.341. The van der Waals surface area contributed by atoms with E-state index in [9.17, 15) is 8.42 Å². The summed E-state index contributed by atoms with van der Waals surface area (Å²) in [5.41, 5.74) is 7.11. The molecule has 1 aliphatic heterocycles. The summed E-state index contributed by atoms with van der Waals surface area (Å²) in [6, 6.07) is 5.26. The van der Waals surface area contributed by atoms with Crippen LogP contribution in [0.4, 0.5) is 5.69 Å². The average molecular weight is 299 g/mol. The molecule has 1 fully saturated rings. The fourth-order valence-corrected chi connectivity index (χ4v) is 3.54. The number of nitrogen functional groups attached to an aromatic ring is 1. The van der Waals surface area contributed by atoms with Crippen molar-refractivity contribution in [2.75, 3.05) is 25.9 Å². The van der Waals surface area contributed by atoms with Crippen LogP contribution in [-0.2, 0) is 16.8 Å². The van der Waals surface area contributed by atoms with E-state index in [0.717, 1.165) is 24.8 Å². The Bertz CT molecular complexity index is 554. The van der Waals surface area contributed by atoms with E-state index in [2.05, 4.69) is 4.72 Å². The van der Waals surface area contributed by atoms with Gasteiger partial charge in [-0.1, -0.05) is 12.5 Å². The van der Waals surface area contributed by atoms with Crippen molar-refractivity contribution in [3.05, 3.63) is 23.8 Å². The van der Waals surface area contributed by atoms with Crippen LogP contribution in [-0.4, -0.2) is 32.9 Å². The third kappa shape index (κ3) is 3.62. The minimum atomic E-state index is -3.40. The van der Waals surface area contributed by atoms with E-state index in [1.165, 1.54) is 4.31 Å². The Morgan fingerprint density at radius 3 is 2.60 bits per heavy atom. The third-order valence-corrected chi connectivity index (χ3v) is 4.96. The molecule has 0 radical (unpaired) electrons. The van der Waals surface area contributed by atoms with Crippen molar-refractivity contribution >= 4 is 15.9 Å². The number of methoxy groups -OCH3 is 1. The van der Waals surface area contributed by atoms with E-state index in [0.29, 0.717) is 24.5 Å². The number of ether oxygens (including phenoxy) is 1. The van der Waals surface area contributed by atoms with Gasteiger partial charge in [-0.25, -0.2) is 0 Å². The molecule has 1 aliphatic rings. The van der Waals surface area contributed by atoms with E-state index in [1.807, 2.05) is 0 Å². The van der Waals surface area contributed by atoms with Crippen LogP contribution in [0.3, 0.4) is 0 Å². The van der Waals surface area contributed by atoms with Crippen LogP contribution in [0.5, 0.6) is 5.75 Å². The van der Waals surface area contributed by atoms with E-state index < -0.39 is 10.2 Å². The summed E-state index contributed by atoms with van der Waals surface area (Å²) < 4.78 is 33.4. The third-order valence-electron chi connectivity index (χ3n) is 3.41. The minimum Gasteiger partial charge on any atom is -0.495 e. The Hall–Kier alpha value is -1.31. The molecule has 1 saturated heterocycles. The van der Waals surface area contributed by atoms with Gasteiger partial charge >= 0.3 is 0 Å². The minimum absolute atomic E-state index is 0.229. The van der Waals surface area contributed by atoms with E-state index >= 15 is 0 Å². The number of rotatable bonds is 5. The van der Waals surface area contributed by atoms with Gasteiger partial charge in [-0.3, -0.25) is 0 Å². The molecule has 2 rings (SSSR count). The highest BCUT2D eigenvalue weighted by molar-refractivity contribution is 7.87. The molecular weight excluding hydrogens is 278 g/mol. The molecule has 0 unspecified atom stereocenters. The van der Waals surface area contributed by atoms with Gasteiger partial charge in [-0.2, -0.15) is 17.4 Å². The van der Waals surface area contributed by atoms with Crippen molar-refractivity contribution in [1.29, 1.82) is 0 Å². The zero-order chi connectivity index (χ0) is 14.6. The summed E-state index contributed by atoms with van der Waals surface area (Å²) in [5, 5.41) is 0. The van der Waals surface area contributed by atoms with Crippen LogP contribution >= 0.6 is 0 Å². The lowest BCUT2D eigenvalue weighted by Crippen LogP contribution is -2.43. The zero-order valence-corrected chi connectivity index (χ0v) is 12.4. The molecule has 3 N–H and O–H groups in total. The molecule has 20 heavy (non-hydrogen) atoms. The molecular formula is C13H21N3O3S. The number of anilines is 1. The first kappa shape index (κ1) is 15.1. The van der Waals surface area contributed by atoms with Crippen molar-refractivity contribution in [1.82, 2.24) is 9.03 Å². The highest BCUT2D eigenvalue weighted by Crippen LogP contribution is 2.22. The normalized spacial score (nSPS) is 17.1. The molecule has 1 aromatic rings. The molecule has 1 aromatic carbocycles. The maximum absolute atomic E-state index is 12.1. The Kier molecular flexibility index (Phi) is 4.85. The number of nitrogens with one attached hydrogen (secondary N) is 1. The molecule has 6 nitrogen and oxygen atoms in total. The highest BCUT2D eigenvalue weighted by Gasteiger charge is 2.23. The predicted molar refractivity (Wildman–Crippen MR) is 78.6 cm³/mol. The van der Waals surface area contributed by atoms with Gasteiger partial charge in [0.25, 0.3) is 10.2 Å². The molecule has 0 amide bonds. The number of piperidine rings is 1. The Balaban J connectivity index is 1.98. The average Bonchev–Trinajstić information content (AvgIpc) is 2.46. The van der Waals surface area contributed by atoms with Gasteiger partial charge in [-0.15, -0.1) is 0 Å². The Morgan fingerprint density at radius 2 is 2.00 bits per heavy atom. The van der Waals surface area contributed by atoms with E-state index in [4.69, 9.17) is 10.5 Å². The standard InChI is InChI=1S/C13H21N3O3S/c1-19-13-6-5-11(9-12(13)14)10-15-20(17,18)16-7-3-2-4-8-16/h5-6,9,15H,2-4,7-8,10,14H2,1H3. The lowest BCUT2D eigenvalue weighted by atomic mass is 10.2. The van der Waals surface area contributed by atoms with Crippen molar-refractivity contribution in [3.63, 3.8) is 0 Å². The number of hydrogen-bond donors (Lipinski definition) is 2. The summed E-state index contributed by atoms with van der Waals surface area (Å²) in [5.74, 6) is 0.590. The van der Waals surface area contributed by atoms with Crippen LogP contribution in [0, 0.1) is 0 Å². The lowest BCUT2D eigenvalue weighted by Gasteiger charge is -2.25. The van der Waals surface area contributed by atoms with E-state index in [-0.39, 0.29) is 6.54 Å². The topological polar surface area (TPSA) is 84.7 Å². The maximum atomic E-state index is 12.1. The van der Waals surface area contributed by atoms with Crippen molar-refractivity contribution in [2.45, 2.75) is 25.8 Å². The fourth-order valence-electron chi connectivity index (χ4n) is 2.26. The van der Waals surface area contributed by atoms with Crippen LogP contribution in [0.15, 0.2) is 18.2 Å². The SMILES string of the molecule is COc1ccc(CNS(=O)(=O)N2CCCCC2)cc1N. The largest absolute Gasteiger partial charge is 0.495 e. The van der Waals surface area contributed by atoms with Crippen molar-refractivity contribution < 1.29 is 13.2 Å². The smallest absolute Gasteiger partial charge is 0.279 e. The van der Waals surface area contributed by atoms with Gasteiger partial charge in [-0.05, 0) is 30.5 Å². The second-order valence-electron chi connectivity index (χ2n) is 4.86. The summed E-state index contributed by atoms with van der Waals surface area (Å²) >= 11 is 0. The van der Waals surface area contributed by atoms with Crippen molar-refractivity contribution in [2.24, 2.45) is 0 Å². The second kappa shape index (κ2) is 6.43. The van der Waals surface area contributed by atoms with Crippen LogP contribution < -0.4 is 15.2 Å². The number of nitrogens with two attached hydrogens (primary N) is 1. The van der Waals surface area contributed by atoms with Gasteiger partial charge in [0.2, 0.25) is 0 Å². The summed E-state index contributed by atoms with van der Waals surface area (Å²) in [6.45, 7) is 1.42. The van der Waals surface area contributed by atoms with Crippen molar-refractivity contribution in [3.8, 4) is 5.75 Å². The van der Waals surface area contributed by atoms with Crippen LogP contribution in [0.25, 0.3) is 0 Å². The molecule has 0 atom stereocenters. The quantitative estimate of drug-likeness (QED) is 0.797. The second-order valence-corrected chi connectivity index (χ2v) is 6.62. The summed E-state index contributed by atoms with van der Waals surface area (Å²) in [6.07, 6.45) is 2.95. The molecule has 0 saturated carbocycles. The summed E-state index contributed by atoms with van der Waals surface area (Å²) in [7, 11) is -1.85. The highest BCUT2D eigenvalue weighted by atomic mass is 32.2. The van der Waals surface area contributed by atoms with E-state index in [1.54, 1.807) is 25.3 Å². The first-order valence-corrected chi connectivity index (χ1v) is 8.14. The molecule has 1 heterocycles. The molecule has 0 aliphatic carbocycles. The van der Waals surface area contributed by atoms with Crippen LogP contribution in [0.1, 0.15) is 24.8 Å². The molecule has 0 aromatic heterocycles. The molecule has 0 spiro atoms. The number of hydrogen-bond acceptors (Lipinski definition) is 4. The summed E-state index contributed by atoms with van der Waals surface area (Å²) in [4.78, 5) is 0. The van der Waals surface area contributed by atoms with Crippen LogP contribution in [0.2, 0.25) is 0 Å². The molecule has 112 valence electrons. The van der Waals surface area contributed by atoms with Gasteiger partial charge in [0.1, 0.15) is 5.75 Å². The van der Waals surface area contributed by atoms with Gasteiger partial charge < -0.3 is 10.5 Å². The monoisotopic (exact) mass is 299 g/mol. The fraction of sp³-hybridized carbons (Fsp3) is 0.538. The Morgan fingerprint density at radius 1 is 1.30 bits per heavy atom. The zero-order valence-electron chi connectivity index (χ0n) is 11.6. The Labute approximate surface area is 120 Å². The molecule has 0 bridgehead atoms. The number of benzene rings is 1. The molecule has 7 heteroatoms. The number of nitrogens with zero attached hydrogens (tertiary/aromatic N) is 1. The maximum Gasteiger partial charge on any atom is 0.279 e. The van der Waals surface area contributed by atoms with Gasteiger partial charge in [0.05, 0.1) is 12.8 Å².